The van der Waals surface area contributed by atoms with Crippen LogP contribution < -0.4 is 10.9 Å². The van der Waals surface area contributed by atoms with Gasteiger partial charge in [0.2, 0.25) is 0 Å². The Labute approximate surface area is 109 Å². The van der Waals surface area contributed by atoms with Crippen molar-refractivity contribution < 1.29 is 18.7 Å². The molecule has 0 saturated heterocycles. The van der Waals surface area contributed by atoms with Crippen molar-refractivity contribution >= 4 is 22.2 Å². The molecule has 0 spiro atoms. The fourth-order valence-corrected chi connectivity index (χ4v) is 2.02. The van der Waals surface area contributed by atoms with E-state index in [1.54, 1.807) is 5.38 Å². The fourth-order valence-electron chi connectivity index (χ4n) is 1.34. The maximum Gasteiger partial charge on any atom is 0.287 e. The summed E-state index contributed by atoms with van der Waals surface area (Å²) < 4.78 is 26.7. The van der Waals surface area contributed by atoms with Gasteiger partial charge in [0.25, 0.3) is 17.4 Å². The third kappa shape index (κ3) is 2.76. The predicted octanol–water partition coefficient (Wildman–Crippen LogP) is 0.113. The number of nitrogens with one attached hydrogen (secondary N) is 1. The van der Waals surface area contributed by atoms with E-state index in [2.05, 4.69) is 4.98 Å². The van der Waals surface area contributed by atoms with E-state index in [9.17, 15) is 18.4 Å². The minimum Gasteiger partial charge on any atom is -0.390 e. The zero-order valence-electron chi connectivity index (χ0n) is 9.47. The second-order valence-corrected chi connectivity index (χ2v) is 4.60. The van der Waals surface area contributed by atoms with Gasteiger partial charge in [-0.05, 0) is 0 Å². The molecule has 2 N–H and O–H groups in total. The van der Waals surface area contributed by atoms with Crippen LogP contribution in [0.4, 0.5) is 8.78 Å². The molecule has 102 valence electrons. The normalized spacial score (nSPS) is 11.7. The van der Waals surface area contributed by atoms with Crippen molar-refractivity contribution in [1.29, 1.82) is 0 Å². The first-order chi connectivity index (χ1) is 8.94. The van der Waals surface area contributed by atoms with Crippen LogP contribution in [-0.4, -0.2) is 39.5 Å². The van der Waals surface area contributed by atoms with Gasteiger partial charge in [-0.3, -0.25) is 14.0 Å². The summed E-state index contributed by atoms with van der Waals surface area (Å²) in [6.45, 7) is -2.43. The van der Waals surface area contributed by atoms with Crippen molar-refractivity contribution in [3.8, 4) is 0 Å². The van der Waals surface area contributed by atoms with Gasteiger partial charge < -0.3 is 10.4 Å². The van der Waals surface area contributed by atoms with Crippen LogP contribution in [0.2, 0.25) is 0 Å². The van der Waals surface area contributed by atoms with E-state index >= 15 is 0 Å². The van der Waals surface area contributed by atoms with Crippen molar-refractivity contribution in [1.82, 2.24) is 14.7 Å². The van der Waals surface area contributed by atoms with E-state index < -0.39 is 30.5 Å². The van der Waals surface area contributed by atoms with E-state index in [1.807, 2.05) is 5.32 Å². The summed E-state index contributed by atoms with van der Waals surface area (Å²) in [6, 6.07) is 0. The maximum atomic E-state index is 12.8. The minimum atomic E-state index is -3.42. The summed E-state index contributed by atoms with van der Waals surface area (Å²) in [5, 5.41) is 11.9. The first-order valence-corrected chi connectivity index (χ1v) is 6.04. The van der Waals surface area contributed by atoms with Gasteiger partial charge in [-0.1, -0.05) is 0 Å². The number of rotatable bonds is 4. The van der Waals surface area contributed by atoms with Crippen LogP contribution >= 0.6 is 11.3 Å². The van der Waals surface area contributed by atoms with Gasteiger partial charge in [-0.15, -0.1) is 11.3 Å². The van der Waals surface area contributed by atoms with Crippen LogP contribution in [0, 0.1) is 0 Å². The van der Waals surface area contributed by atoms with Crippen molar-refractivity contribution in [2.45, 2.75) is 5.92 Å². The number of aliphatic hydroxyl groups excluding tert-OH is 1. The first kappa shape index (κ1) is 13.6. The van der Waals surface area contributed by atoms with E-state index in [0.29, 0.717) is 4.96 Å². The Balaban J connectivity index is 2.22. The molecule has 0 bridgehead atoms. The van der Waals surface area contributed by atoms with Crippen molar-refractivity contribution in [3.63, 3.8) is 0 Å². The highest BCUT2D eigenvalue weighted by Gasteiger charge is 2.28. The molecule has 2 aromatic heterocycles. The van der Waals surface area contributed by atoms with Crippen LogP contribution in [0.3, 0.4) is 0 Å². The molecule has 9 heteroatoms. The number of thiazole rings is 1. The maximum absolute atomic E-state index is 12.8. The summed E-state index contributed by atoms with van der Waals surface area (Å²) in [5.74, 6) is -4.38. The van der Waals surface area contributed by atoms with Gasteiger partial charge in [0.05, 0.1) is 6.54 Å². The van der Waals surface area contributed by atoms with Gasteiger partial charge in [-0.2, -0.15) is 0 Å². The predicted molar refractivity (Wildman–Crippen MR) is 63.7 cm³/mol. The van der Waals surface area contributed by atoms with Crippen LogP contribution in [0.25, 0.3) is 4.96 Å². The van der Waals surface area contributed by atoms with Crippen molar-refractivity contribution in [2.24, 2.45) is 0 Å². The molecule has 0 aliphatic carbocycles. The van der Waals surface area contributed by atoms with Gasteiger partial charge in [-0.25, -0.2) is 13.8 Å². The lowest BCUT2D eigenvalue weighted by atomic mass is 10.3. The summed E-state index contributed by atoms with van der Waals surface area (Å²) in [7, 11) is 0. The number of carbonyl (C=O) groups is 1. The number of amides is 1. The third-order valence-corrected chi connectivity index (χ3v) is 3.10. The second kappa shape index (κ2) is 5.02. The van der Waals surface area contributed by atoms with E-state index in [1.165, 1.54) is 17.5 Å². The number of hydrogen-bond donors (Lipinski definition) is 2. The van der Waals surface area contributed by atoms with E-state index in [-0.39, 0.29) is 5.56 Å². The summed E-state index contributed by atoms with van der Waals surface area (Å²) in [6.07, 6.45) is 2.48. The Morgan fingerprint density at radius 2 is 2.32 bits per heavy atom. The molecule has 2 aromatic rings. The standard InChI is InChI=1S/C10H9F2N3O3S/c11-10(12,5-16)4-14-7(17)6-3-13-9-15(8(6)18)1-2-19-9/h1-3,16H,4-5H2,(H,14,17). The highest BCUT2D eigenvalue weighted by molar-refractivity contribution is 7.15. The highest BCUT2D eigenvalue weighted by Crippen LogP contribution is 2.10. The van der Waals surface area contributed by atoms with Crippen molar-refractivity contribution in [2.75, 3.05) is 13.2 Å². The smallest absolute Gasteiger partial charge is 0.287 e. The SMILES string of the molecule is O=C(NCC(F)(F)CO)c1cnc2sccn2c1=O. The molecule has 1 amide bonds. The van der Waals surface area contributed by atoms with Crippen molar-refractivity contribution in [3.05, 3.63) is 33.7 Å². The Kier molecular flexibility index (Phi) is 3.58. The molecule has 0 atom stereocenters. The lowest BCUT2D eigenvalue weighted by Crippen LogP contribution is -2.40. The van der Waals surface area contributed by atoms with Gasteiger partial charge in [0, 0.05) is 17.8 Å². The van der Waals surface area contributed by atoms with Gasteiger partial charge in [0.1, 0.15) is 12.2 Å². The van der Waals surface area contributed by atoms with Gasteiger partial charge in [0.15, 0.2) is 4.96 Å². The molecule has 6 nitrogen and oxygen atoms in total. The summed E-state index contributed by atoms with van der Waals surface area (Å²) in [5.41, 5.74) is -0.958. The molecule has 0 unspecified atom stereocenters. The Morgan fingerprint density at radius 1 is 1.58 bits per heavy atom. The second-order valence-electron chi connectivity index (χ2n) is 3.73. The number of nitrogens with zero attached hydrogens (tertiary/aromatic N) is 2. The number of aromatic nitrogens is 2. The Morgan fingerprint density at radius 3 is 3.00 bits per heavy atom. The largest absolute Gasteiger partial charge is 0.390 e. The number of hydrogen-bond acceptors (Lipinski definition) is 5. The number of halogens is 2. The van der Waals surface area contributed by atoms with Crippen LogP contribution in [0.1, 0.15) is 10.4 Å². The number of fused-ring (bicyclic) bond motifs is 1. The van der Waals surface area contributed by atoms with Crippen LogP contribution in [0.5, 0.6) is 0 Å². The molecule has 0 saturated carbocycles. The van der Waals surface area contributed by atoms with Crippen LogP contribution in [0.15, 0.2) is 22.6 Å². The molecule has 0 aliphatic rings. The average molecular weight is 289 g/mol. The Bertz CT molecular complexity index is 667. The quantitative estimate of drug-likeness (QED) is 0.837. The lowest BCUT2D eigenvalue weighted by molar-refractivity contribution is -0.0462. The highest BCUT2D eigenvalue weighted by atomic mass is 32.1. The van der Waals surface area contributed by atoms with E-state index in [0.717, 1.165) is 10.6 Å². The van der Waals surface area contributed by atoms with Crippen LogP contribution in [-0.2, 0) is 0 Å². The first-order valence-electron chi connectivity index (χ1n) is 5.16. The fraction of sp³-hybridized carbons (Fsp3) is 0.300. The molecule has 2 rings (SSSR count). The number of alkyl halides is 2. The molecular formula is C10H9F2N3O3S. The molecule has 0 fully saturated rings. The van der Waals surface area contributed by atoms with Gasteiger partial charge >= 0.3 is 0 Å². The Hall–Kier alpha value is -1.87. The topological polar surface area (TPSA) is 83.7 Å². The zero-order chi connectivity index (χ0) is 14.0. The number of aliphatic hydroxyl groups is 1. The summed E-state index contributed by atoms with van der Waals surface area (Å²) in [4.78, 5) is 27.8. The number of carbonyl (C=O) groups excluding carboxylic acids is 1. The monoisotopic (exact) mass is 289 g/mol. The molecule has 0 radical (unpaired) electrons. The molecule has 19 heavy (non-hydrogen) atoms. The minimum absolute atomic E-state index is 0.329. The molecular weight excluding hydrogens is 280 g/mol. The third-order valence-electron chi connectivity index (χ3n) is 2.33. The zero-order valence-corrected chi connectivity index (χ0v) is 10.3. The molecule has 0 aromatic carbocycles. The average Bonchev–Trinajstić information content (AvgIpc) is 2.86. The lowest BCUT2D eigenvalue weighted by Gasteiger charge is -2.13. The summed E-state index contributed by atoms with van der Waals surface area (Å²) >= 11 is 1.21. The van der Waals surface area contributed by atoms with E-state index in [4.69, 9.17) is 5.11 Å². The molecule has 0 aliphatic heterocycles. The molecule has 2 heterocycles.